The summed E-state index contributed by atoms with van der Waals surface area (Å²) >= 11 is 0. The van der Waals surface area contributed by atoms with Crippen LogP contribution in [0, 0.1) is 27.7 Å². The monoisotopic (exact) mass is 621 g/mol. The fourth-order valence-electron chi connectivity index (χ4n) is 3.69. The largest absolute Gasteiger partial charge is 0.0776 e. The van der Waals surface area contributed by atoms with Crippen LogP contribution >= 0.6 is 0 Å². The van der Waals surface area contributed by atoms with E-state index in [1.54, 1.807) is 0 Å². The Hall–Kier alpha value is -4.16. The van der Waals surface area contributed by atoms with Gasteiger partial charge in [0.25, 0.3) is 0 Å². The van der Waals surface area contributed by atoms with Gasteiger partial charge in [0.15, 0.2) is 0 Å². The lowest BCUT2D eigenvalue weighted by molar-refractivity contribution is 1.48. The van der Waals surface area contributed by atoms with Gasteiger partial charge >= 0.3 is 0 Å². The molecule has 252 valence electrons. The molecule has 0 N–H and O–H groups in total. The first kappa shape index (κ1) is 48.7. The Morgan fingerprint density at radius 3 is 0.717 bits per heavy atom. The first-order chi connectivity index (χ1) is 21.5. The summed E-state index contributed by atoms with van der Waals surface area (Å²) in [7, 11) is 0. The highest BCUT2D eigenvalue weighted by atomic mass is 14.0. The van der Waals surface area contributed by atoms with Gasteiger partial charge in [0.05, 0.1) is 0 Å². The van der Waals surface area contributed by atoms with Crippen LogP contribution in [0.3, 0.4) is 0 Å². The van der Waals surface area contributed by atoms with Gasteiger partial charge in [0.1, 0.15) is 0 Å². The minimum Gasteiger partial charge on any atom is -0.0776 e. The molecule has 0 bridgehead atoms. The Morgan fingerprint density at radius 1 is 0.239 bits per heavy atom. The van der Waals surface area contributed by atoms with Crippen LogP contribution in [0.1, 0.15) is 92.5 Å². The molecule has 46 heavy (non-hydrogen) atoms. The van der Waals surface area contributed by atoms with Gasteiger partial charge in [-0.2, -0.15) is 0 Å². The van der Waals surface area contributed by atoms with Crippen molar-refractivity contribution in [3.8, 4) is 0 Å². The van der Waals surface area contributed by atoms with E-state index in [-0.39, 0.29) is 14.9 Å². The molecule has 0 heterocycles. The third-order valence-electron chi connectivity index (χ3n) is 5.69. The zero-order chi connectivity index (χ0) is 33.6. The van der Waals surface area contributed by atoms with Crippen molar-refractivity contribution in [2.45, 2.75) is 97.9 Å². The number of rotatable bonds is 0. The van der Waals surface area contributed by atoms with Gasteiger partial charge < -0.3 is 0 Å². The van der Waals surface area contributed by atoms with Gasteiger partial charge in [0.2, 0.25) is 0 Å². The van der Waals surface area contributed by atoms with E-state index < -0.39 is 0 Å². The average molecular weight is 621 g/mol. The smallest absolute Gasteiger partial charge is 0.0181 e. The molecule has 0 nitrogen and oxygen atoms in total. The lowest BCUT2D eigenvalue weighted by Gasteiger charge is -1.96. The van der Waals surface area contributed by atoms with E-state index in [9.17, 15) is 0 Å². The quantitative estimate of drug-likeness (QED) is 0.158. The van der Waals surface area contributed by atoms with Crippen molar-refractivity contribution in [3.05, 3.63) is 168 Å². The molecule has 0 atom stereocenters. The molecule has 0 heteroatoms. The number of hydrogen-bond acceptors (Lipinski definition) is 0. The van der Waals surface area contributed by atoms with Crippen molar-refractivity contribution in [2.75, 3.05) is 0 Å². The van der Waals surface area contributed by atoms with E-state index >= 15 is 0 Å². The average Bonchev–Trinajstić information content (AvgIpc) is 3.10. The predicted molar refractivity (Wildman–Crippen MR) is 219 cm³/mol. The molecule has 0 spiro atoms. The molecule has 6 aromatic carbocycles. The Bertz CT molecular complexity index is 1330. The maximum Gasteiger partial charge on any atom is -0.0181 e. The second-order valence-electron chi connectivity index (χ2n) is 9.01. The first-order valence-corrected chi connectivity index (χ1v) is 16.5. The van der Waals surface area contributed by atoms with E-state index in [0.717, 1.165) is 0 Å². The van der Waals surface area contributed by atoms with Crippen LogP contribution in [0.5, 0.6) is 0 Å². The van der Waals surface area contributed by atoms with E-state index in [1.165, 1.54) is 43.8 Å². The van der Waals surface area contributed by atoms with Gasteiger partial charge in [-0.05, 0) is 49.2 Å². The van der Waals surface area contributed by atoms with Crippen LogP contribution in [0.15, 0.2) is 146 Å². The van der Waals surface area contributed by atoms with Crippen LogP contribution in [0.4, 0.5) is 0 Å². The summed E-state index contributed by atoms with van der Waals surface area (Å²) in [5, 5.41) is 5.29. The summed E-state index contributed by atoms with van der Waals surface area (Å²) in [6.07, 6.45) is 0. The van der Waals surface area contributed by atoms with E-state index in [2.05, 4.69) is 137 Å². The molecular formula is C46H68. The maximum atomic E-state index is 2.20. The Labute approximate surface area is 286 Å². The van der Waals surface area contributed by atoms with Crippen molar-refractivity contribution in [1.29, 1.82) is 0 Å². The summed E-state index contributed by atoms with van der Waals surface area (Å²) < 4.78 is 0. The molecule has 6 aromatic rings. The molecule has 0 saturated carbocycles. The highest BCUT2D eigenvalue weighted by Gasteiger charge is 1.90. The third-order valence-corrected chi connectivity index (χ3v) is 5.69. The summed E-state index contributed by atoms with van der Waals surface area (Å²) in [6.45, 7) is 24.4. The van der Waals surface area contributed by atoms with Gasteiger partial charge in [-0.25, -0.2) is 0 Å². The highest BCUT2D eigenvalue weighted by molar-refractivity contribution is 5.83. The van der Waals surface area contributed by atoms with E-state index in [4.69, 9.17) is 0 Å². The maximum absolute atomic E-state index is 2.20. The highest BCUT2D eigenvalue weighted by Crippen LogP contribution is 2.15. The molecule has 6 rings (SSSR count). The number of hydrogen-bond donors (Lipinski definition) is 0. The molecule has 0 aliphatic rings. The van der Waals surface area contributed by atoms with Crippen LogP contribution in [-0.2, 0) is 0 Å². The first-order valence-electron chi connectivity index (χ1n) is 16.5. The molecule has 0 aliphatic carbocycles. The van der Waals surface area contributed by atoms with Gasteiger partial charge in [-0.15, -0.1) is 0 Å². The molecule has 0 aromatic heterocycles. The molecule has 0 radical (unpaired) electrons. The van der Waals surface area contributed by atoms with Crippen LogP contribution in [0.2, 0.25) is 0 Å². The molecule has 0 unspecified atom stereocenters. The zero-order valence-corrected chi connectivity index (χ0v) is 29.9. The summed E-state index contributed by atoms with van der Waals surface area (Å²) in [5.74, 6) is 0. The van der Waals surface area contributed by atoms with Gasteiger partial charge in [-0.1, -0.05) is 238 Å². The zero-order valence-electron chi connectivity index (χ0n) is 29.9. The lowest BCUT2D eigenvalue weighted by atomic mass is 10.1. The predicted octanol–water partition coefficient (Wildman–Crippen LogP) is 15.7. The molecule has 0 amide bonds. The normalized spacial score (nSPS) is 8.09. The van der Waals surface area contributed by atoms with Gasteiger partial charge in [0, 0.05) is 0 Å². The summed E-state index contributed by atoms with van der Waals surface area (Å²) in [4.78, 5) is 0. The fraction of sp³-hybridized carbons (Fsp3) is 0.304. The summed E-state index contributed by atoms with van der Waals surface area (Å²) in [6, 6.07) is 50.4. The minimum atomic E-state index is 0. The molecule has 0 fully saturated rings. The minimum absolute atomic E-state index is 0. The van der Waals surface area contributed by atoms with Crippen molar-refractivity contribution in [1.82, 2.24) is 0 Å². The van der Waals surface area contributed by atoms with Crippen molar-refractivity contribution in [3.63, 3.8) is 0 Å². The third kappa shape index (κ3) is 22.4. The van der Waals surface area contributed by atoms with Crippen LogP contribution < -0.4 is 0 Å². The van der Waals surface area contributed by atoms with Crippen LogP contribution in [0.25, 0.3) is 21.5 Å². The standard InChI is InChI=1S/2C11H10.2C7H8.4C2H6.2CH4/c2*1-9-6-7-10-4-2-3-5-11(10)8-9;2*1-7-5-3-2-4-6-7;4*1-2;;/h2*2-8H,1H3;2*2-6H,1H3;4*1-2H3;2*1H4. The molecule has 0 aliphatic heterocycles. The second-order valence-corrected chi connectivity index (χ2v) is 9.01. The SMILES string of the molecule is C.C.CC.CC.CC.CC.Cc1ccc2ccccc2c1.Cc1ccc2ccccc2c1.Cc1ccccc1.Cc1ccccc1. The van der Waals surface area contributed by atoms with Crippen LogP contribution in [-0.4, -0.2) is 0 Å². The topological polar surface area (TPSA) is 0 Å². The van der Waals surface area contributed by atoms with E-state index in [0.29, 0.717) is 0 Å². The number of benzene rings is 6. The molecular weight excluding hydrogens is 553 g/mol. The number of fused-ring (bicyclic) bond motifs is 2. The van der Waals surface area contributed by atoms with Crippen molar-refractivity contribution < 1.29 is 0 Å². The second kappa shape index (κ2) is 33.7. The Kier molecular flexibility index (Phi) is 35.7. The van der Waals surface area contributed by atoms with Crippen molar-refractivity contribution >= 4 is 21.5 Å². The van der Waals surface area contributed by atoms with Crippen molar-refractivity contribution in [2.24, 2.45) is 0 Å². The van der Waals surface area contributed by atoms with Gasteiger partial charge in [-0.3, -0.25) is 0 Å². The lowest BCUT2D eigenvalue weighted by Crippen LogP contribution is -1.73. The Balaban J connectivity index is -0.000000238. The number of aryl methyl sites for hydroxylation is 4. The fourth-order valence-corrected chi connectivity index (χ4v) is 3.69. The Morgan fingerprint density at radius 2 is 0.478 bits per heavy atom. The molecule has 0 saturated heterocycles. The summed E-state index contributed by atoms with van der Waals surface area (Å²) in [5.41, 5.74) is 5.29. The van der Waals surface area contributed by atoms with E-state index in [1.807, 2.05) is 91.8 Å².